The molecule has 0 spiro atoms. The van der Waals surface area contributed by atoms with Gasteiger partial charge in [-0.1, -0.05) is 30.3 Å². The standard InChI is InChI=1S/C23H17N3O2/c1-15(27)19-8-10-21(24-13-19)22-11-9-20(14-25-22)26-23(28)18-7-6-16-4-2-3-5-17(16)12-18/h2-14H,1H3,(H,26,28). The van der Waals surface area contributed by atoms with Crippen molar-refractivity contribution in [1.29, 1.82) is 0 Å². The Morgan fingerprint density at radius 1 is 0.750 bits per heavy atom. The van der Waals surface area contributed by atoms with Gasteiger partial charge in [0.1, 0.15) is 0 Å². The maximum absolute atomic E-state index is 12.5. The van der Waals surface area contributed by atoms with Crippen LogP contribution in [0.3, 0.4) is 0 Å². The minimum absolute atomic E-state index is 0.0289. The molecule has 0 saturated carbocycles. The molecule has 2 aromatic heterocycles. The number of aromatic nitrogens is 2. The lowest BCUT2D eigenvalue weighted by molar-refractivity contribution is 0.101. The summed E-state index contributed by atoms with van der Waals surface area (Å²) >= 11 is 0. The quantitative estimate of drug-likeness (QED) is 0.528. The topological polar surface area (TPSA) is 72.0 Å². The van der Waals surface area contributed by atoms with Gasteiger partial charge in [-0.2, -0.15) is 0 Å². The van der Waals surface area contributed by atoms with Crippen LogP contribution in [-0.4, -0.2) is 21.7 Å². The second kappa shape index (κ2) is 7.40. The minimum Gasteiger partial charge on any atom is -0.321 e. The first-order chi connectivity index (χ1) is 13.6. The number of nitrogens with one attached hydrogen (secondary N) is 1. The number of anilines is 1. The normalized spacial score (nSPS) is 10.6. The fourth-order valence-corrected chi connectivity index (χ4v) is 2.91. The second-order valence-corrected chi connectivity index (χ2v) is 6.44. The molecule has 4 aromatic rings. The maximum Gasteiger partial charge on any atom is 0.255 e. The summed E-state index contributed by atoms with van der Waals surface area (Å²) in [5, 5.41) is 4.97. The van der Waals surface area contributed by atoms with Gasteiger partial charge in [0, 0.05) is 17.3 Å². The monoisotopic (exact) mass is 367 g/mol. The van der Waals surface area contributed by atoms with Crippen LogP contribution in [0, 0.1) is 0 Å². The third kappa shape index (κ3) is 3.64. The van der Waals surface area contributed by atoms with E-state index in [1.807, 2.05) is 36.4 Å². The smallest absolute Gasteiger partial charge is 0.255 e. The Labute approximate surface area is 162 Å². The number of nitrogens with zero attached hydrogens (tertiary/aromatic N) is 2. The van der Waals surface area contributed by atoms with Gasteiger partial charge in [-0.05, 0) is 54.1 Å². The first kappa shape index (κ1) is 17.5. The maximum atomic E-state index is 12.5. The molecule has 0 fully saturated rings. The van der Waals surface area contributed by atoms with E-state index >= 15 is 0 Å². The van der Waals surface area contributed by atoms with Gasteiger partial charge in [0.05, 0.1) is 23.3 Å². The number of ketones is 1. The summed E-state index contributed by atoms with van der Waals surface area (Å²) in [4.78, 5) is 32.5. The number of fused-ring (bicyclic) bond motifs is 1. The van der Waals surface area contributed by atoms with E-state index < -0.39 is 0 Å². The molecule has 4 rings (SSSR count). The molecule has 0 aliphatic heterocycles. The molecule has 0 aliphatic carbocycles. The summed E-state index contributed by atoms with van der Waals surface area (Å²) in [5.41, 5.74) is 3.07. The van der Waals surface area contributed by atoms with E-state index in [9.17, 15) is 9.59 Å². The predicted molar refractivity (Wildman–Crippen MR) is 109 cm³/mol. The first-order valence-electron chi connectivity index (χ1n) is 8.84. The summed E-state index contributed by atoms with van der Waals surface area (Å²) in [5.74, 6) is -0.219. The molecule has 5 heteroatoms. The van der Waals surface area contributed by atoms with Crippen molar-refractivity contribution in [2.24, 2.45) is 0 Å². The number of hydrogen-bond acceptors (Lipinski definition) is 4. The lowest BCUT2D eigenvalue weighted by atomic mass is 10.1. The Morgan fingerprint density at radius 2 is 1.43 bits per heavy atom. The van der Waals surface area contributed by atoms with Gasteiger partial charge < -0.3 is 5.32 Å². The van der Waals surface area contributed by atoms with Crippen molar-refractivity contribution in [3.8, 4) is 11.4 Å². The van der Waals surface area contributed by atoms with Crippen LogP contribution in [0.25, 0.3) is 22.2 Å². The van der Waals surface area contributed by atoms with Gasteiger partial charge >= 0.3 is 0 Å². The third-order valence-corrected chi connectivity index (χ3v) is 4.47. The van der Waals surface area contributed by atoms with Gasteiger partial charge in [-0.25, -0.2) is 0 Å². The van der Waals surface area contributed by atoms with Crippen molar-refractivity contribution < 1.29 is 9.59 Å². The van der Waals surface area contributed by atoms with Crippen LogP contribution in [-0.2, 0) is 0 Å². The molecule has 2 heterocycles. The summed E-state index contributed by atoms with van der Waals surface area (Å²) in [6, 6.07) is 20.6. The fourth-order valence-electron chi connectivity index (χ4n) is 2.91. The summed E-state index contributed by atoms with van der Waals surface area (Å²) in [6.45, 7) is 1.50. The van der Waals surface area contributed by atoms with Crippen LogP contribution >= 0.6 is 0 Å². The lowest BCUT2D eigenvalue weighted by Crippen LogP contribution is -2.12. The largest absolute Gasteiger partial charge is 0.321 e. The van der Waals surface area contributed by atoms with E-state index in [1.54, 1.807) is 36.5 Å². The number of carbonyl (C=O) groups excluding carboxylic acids is 2. The summed E-state index contributed by atoms with van der Waals surface area (Å²) in [7, 11) is 0. The van der Waals surface area contributed by atoms with E-state index in [2.05, 4.69) is 15.3 Å². The van der Waals surface area contributed by atoms with E-state index in [-0.39, 0.29) is 11.7 Å². The van der Waals surface area contributed by atoms with Crippen molar-refractivity contribution in [3.63, 3.8) is 0 Å². The lowest BCUT2D eigenvalue weighted by Gasteiger charge is -2.07. The third-order valence-electron chi connectivity index (χ3n) is 4.47. The van der Waals surface area contributed by atoms with Crippen molar-refractivity contribution in [2.75, 3.05) is 5.32 Å². The second-order valence-electron chi connectivity index (χ2n) is 6.44. The zero-order valence-corrected chi connectivity index (χ0v) is 15.2. The Morgan fingerprint density at radius 3 is 2.07 bits per heavy atom. The molecule has 2 aromatic carbocycles. The number of pyridine rings is 2. The molecule has 0 radical (unpaired) electrons. The average Bonchev–Trinajstić information content (AvgIpc) is 2.74. The van der Waals surface area contributed by atoms with Crippen LogP contribution in [0.5, 0.6) is 0 Å². The molecule has 5 nitrogen and oxygen atoms in total. The van der Waals surface area contributed by atoms with Crippen LogP contribution in [0.2, 0.25) is 0 Å². The van der Waals surface area contributed by atoms with Gasteiger partial charge in [0.2, 0.25) is 0 Å². The van der Waals surface area contributed by atoms with Gasteiger partial charge in [-0.3, -0.25) is 19.6 Å². The summed E-state index contributed by atoms with van der Waals surface area (Å²) < 4.78 is 0. The fraction of sp³-hybridized carbons (Fsp3) is 0.0435. The van der Waals surface area contributed by atoms with Crippen LogP contribution in [0.4, 0.5) is 5.69 Å². The molecule has 28 heavy (non-hydrogen) atoms. The molecular formula is C23H17N3O2. The first-order valence-corrected chi connectivity index (χ1v) is 8.84. The molecule has 136 valence electrons. The van der Waals surface area contributed by atoms with Gasteiger partial charge in [0.25, 0.3) is 5.91 Å². The van der Waals surface area contributed by atoms with E-state index in [4.69, 9.17) is 0 Å². The molecule has 1 amide bonds. The predicted octanol–water partition coefficient (Wildman–Crippen LogP) is 4.75. The Hall–Kier alpha value is -3.86. The highest BCUT2D eigenvalue weighted by Gasteiger charge is 2.08. The molecular weight excluding hydrogens is 350 g/mol. The van der Waals surface area contributed by atoms with Gasteiger partial charge in [0.15, 0.2) is 5.78 Å². The van der Waals surface area contributed by atoms with Crippen LogP contribution in [0.15, 0.2) is 79.1 Å². The zero-order chi connectivity index (χ0) is 19.5. The zero-order valence-electron chi connectivity index (χ0n) is 15.2. The molecule has 0 unspecified atom stereocenters. The number of hydrogen-bond donors (Lipinski definition) is 1. The Kier molecular flexibility index (Phi) is 4.64. The van der Waals surface area contributed by atoms with Crippen molar-refractivity contribution in [2.45, 2.75) is 6.92 Å². The minimum atomic E-state index is -0.191. The number of Topliss-reactive ketones (excluding diaryl/α,β-unsaturated/α-hetero) is 1. The number of amides is 1. The van der Waals surface area contributed by atoms with Crippen LogP contribution in [0.1, 0.15) is 27.6 Å². The Balaban J connectivity index is 1.50. The van der Waals surface area contributed by atoms with Gasteiger partial charge in [-0.15, -0.1) is 0 Å². The number of carbonyl (C=O) groups is 2. The highest BCUT2D eigenvalue weighted by Crippen LogP contribution is 2.19. The Bertz CT molecular complexity index is 1170. The molecule has 0 aliphatic rings. The molecule has 0 atom stereocenters. The van der Waals surface area contributed by atoms with Crippen LogP contribution < -0.4 is 5.32 Å². The van der Waals surface area contributed by atoms with E-state index in [0.717, 1.165) is 10.8 Å². The molecule has 0 saturated heterocycles. The number of benzene rings is 2. The summed E-state index contributed by atoms with van der Waals surface area (Å²) in [6.07, 6.45) is 3.13. The number of rotatable bonds is 4. The molecule has 0 bridgehead atoms. The van der Waals surface area contributed by atoms with E-state index in [1.165, 1.54) is 13.1 Å². The van der Waals surface area contributed by atoms with Crippen molar-refractivity contribution in [3.05, 3.63) is 90.3 Å². The van der Waals surface area contributed by atoms with Crippen molar-refractivity contribution in [1.82, 2.24) is 9.97 Å². The average molecular weight is 367 g/mol. The van der Waals surface area contributed by atoms with E-state index in [0.29, 0.717) is 28.2 Å². The highest BCUT2D eigenvalue weighted by molar-refractivity contribution is 6.06. The highest BCUT2D eigenvalue weighted by atomic mass is 16.1. The van der Waals surface area contributed by atoms with Crippen molar-refractivity contribution >= 4 is 28.2 Å². The SMILES string of the molecule is CC(=O)c1ccc(-c2ccc(NC(=O)c3ccc4ccccc4c3)cn2)nc1. The molecule has 1 N–H and O–H groups in total.